The average Bonchev–Trinajstić information content (AvgIpc) is 3.24. The molecule has 0 atom stereocenters. The molecule has 0 aliphatic rings. The normalized spacial score (nSPS) is 11.9. The van der Waals surface area contributed by atoms with E-state index >= 15 is 0 Å². The Morgan fingerprint density at radius 1 is 1.19 bits per heavy atom. The molecular weight excluding hydrogens is 484 g/mol. The molecule has 0 aliphatic heterocycles. The minimum absolute atomic E-state index is 0.120. The molecule has 31 heavy (non-hydrogen) atoms. The van der Waals surface area contributed by atoms with Gasteiger partial charge in [-0.2, -0.15) is 0 Å². The van der Waals surface area contributed by atoms with Gasteiger partial charge in [0.1, 0.15) is 0 Å². The van der Waals surface area contributed by atoms with Gasteiger partial charge >= 0.3 is 5.97 Å². The lowest BCUT2D eigenvalue weighted by molar-refractivity contribution is -0.145. The predicted octanol–water partition coefficient (Wildman–Crippen LogP) is 3.56. The van der Waals surface area contributed by atoms with Crippen molar-refractivity contribution in [3.05, 3.63) is 61.3 Å². The molecule has 9 heteroatoms. The summed E-state index contributed by atoms with van der Waals surface area (Å²) in [6.45, 7) is 4.06. The monoisotopic (exact) mass is 502 g/mol. The highest BCUT2D eigenvalue weighted by Gasteiger charge is 2.15. The minimum atomic E-state index is -0.461. The first-order chi connectivity index (χ1) is 15.0. The number of rotatable bonds is 7. The summed E-state index contributed by atoms with van der Waals surface area (Å²) >= 11 is 4.81. The fourth-order valence-electron chi connectivity index (χ4n) is 3.17. The summed E-state index contributed by atoms with van der Waals surface area (Å²) in [5.74, 6) is 0.408. The highest BCUT2D eigenvalue weighted by Crippen LogP contribution is 2.37. The van der Waals surface area contributed by atoms with E-state index in [2.05, 4.69) is 20.9 Å². The lowest BCUT2D eigenvalue weighted by Gasteiger charge is -2.14. The summed E-state index contributed by atoms with van der Waals surface area (Å²) in [6.07, 6.45) is 1.79. The number of imidazole rings is 1. The van der Waals surface area contributed by atoms with Crippen molar-refractivity contribution < 1.29 is 19.0 Å². The van der Waals surface area contributed by atoms with Gasteiger partial charge in [-0.3, -0.25) is 4.79 Å². The van der Waals surface area contributed by atoms with Gasteiger partial charge in [-0.05, 0) is 65.7 Å². The van der Waals surface area contributed by atoms with Gasteiger partial charge in [0.25, 0.3) is 5.56 Å². The number of hydrogen-bond acceptors (Lipinski definition) is 7. The number of carbonyl (C=O) groups is 1. The Kier molecular flexibility index (Phi) is 6.24. The van der Waals surface area contributed by atoms with Crippen LogP contribution < -0.4 is 19.6 Å². The molecule has 0 unspecified atom stereocenters. The van der Waals surface area contributed by atoms with Crippen LogP contribution in [0.1, 0.15) is 19.4 Å². The van der Waals surface area contributed by atoms with Gasteiger partial charge in [0.15, 0.2) is 23.1 Å². The van der Waals surface area contributed by atoms with Crippen LogP contribution in [-0.4, -0.2) is 35.2 Å². The minimum Gasteiger partial charge on any atom is -0.490 e. The van der Waals surface area contributed by atoms with Crippen LogP contribution in [0.3, 0.4) is 0 Å². The van der Waals surface area contributed by atoms with Crippen LogP contribution in [-0.2, 0) is 9.53 Å². The second kappa shape index (κ2) is 9.07. The molecule has 0 bridgehead atoms. The SMILES string of the molecule is CCOC(=O)COc1c(Br)cc(/C=c2\sc3nc4ccccc4n3c2=O)cc1OCC. The third-order valence-corrected chi connectivity index (χ3v) is 5.97. The summed E-state index contributed by atoms with van der Waals surface area (Å²) in [4.78, 5) is 29.8. The number of esters is 1. The van der Waals surface area contributed by atoms with Gasteiger partial charge < -0.3 is 14.2 Å². The number of thiazole rings is 1. The van der Waals surface area contributed by atoms with Crippen LogP contribution in [0.5, 0.6) is 11.5 Å². The van der Waals surface area contributed by atoms with E-state index in [0.29, 0.717) is 32.1 Å². The number of halogens is 1. The van der Waals surface area contributed by atoms with Crippen molar-refractivity contribution in [2.75, 3.05) is 19.8 Å². The highest BCUT2D eigenvalue weighted by atomic mass is 79.9. The molecule has 0 amide bonds. The Morgan fingerprint density at radius 2 is 2.00 bits per heavy atom. The van der Waals surface area contributed by atoms with Crippen LogP contribution in [0.15, 0.2) is 45.7 Å². The van der Waals surface area contributed by atoms with E-state index in [0.717, 1.165) is 16.6 Å². The number of hydrogen-bond donors (Lipinski definition) is 0. The number of para-hydroxylation sites is 2. The second-order valence-electron chi connectivity index (χ2n) is 6.49. The molecule has 0 N–H and O–H groups in total. The molecular formula is C22H19BrN2O5S. The zero-order valence-corrected chi connectivity index (χ0v) is 19.3. The van der Waals surface area contributed by atoms with Gasteiger partial charge in [-0.15, -0.1) is 0 Å². The van der Waals surface area contributed by atoms with Gasteiger partial charge in [-0.25, -0.2) is 14.2 Å². The van der Waals surface area contributed by atoms with Crippen LogP contribution in [0.2, 0.25) is 0 Å². The maximum Gasteiger partial charge on any atom is 0.344 e. The van der Waals surface area contributed by atoms with E-state index in [-0.39, 0.29) is 18.8 Å². The number of carbonyl (C=O) groups excluding carboxylic acids is 1. The van der Waals surface area contributed by atoms with Gasteiger partial charge in [-0.1, -0.05) is 23.5 Å². The summed E-state index contributed by atoms with van der Waals surface area (Å²) in [7, 11) is 0. The highest BCUT2D eigenvalue weighted by molar-refractivity contribution is 9.10. The van der Waals surface area contributed by atoms with Crippen molar-refractivity contribution in [1.82, 2.24) is 9.38 Å². The largest absolute Gasteiger partial charge is 0.490 e. The Balaban J connectivity index is 1.74. The van der Waals surface area contributed by atoms with E-state index in [1.807, 2.05) is 37.3 Å². The third-order valence-electron chi connectivity index (χ3n) is 4.41. The zero-order chi connectivity index (χ0) is 22.0. The predicted molar refractivity (Wildman–Crippen MR) is 123 cm³/mol. The first-order valence-corrected chi connectivity index (χ1v) is 11.3. The average molecular weight is 503 g/mol. The van der Waals surface area contributed by atoms with Crippen molar-refractivity contribution in [3.8, 4) is 11.5 Å². The molecule has 0 saturated heterocycles. The molecule has 0 fully saturated rings. The fraction of sp³-hybridized carbons (Fsp3) is 0.227. The van der Waals surface area contributed by atoms with E-state index in [4.69, 9.17) is 14.2 Å². The molecule has 2 aromatic heterocycles. The molecule has 2 heterocycles. The number of benzene rings is 2. The number of nitrogens with zero attached hydrogens (tertiary/aromatic N) is 2. The van der Waals surface area contributed by atoms with Gasteiger partial charge in [0.05, 0.1) is 33.3 Å². The first-order valence-electron chi connectivity index (χ1n) is 9.68. The molecule has 0 aliphatic carbocycles. The Morgan fingerprint density at radius 3 is 2.77 bits per heavy atom. The number of aromatic nitrogens is 2. The Hall–Kier alpha value is -2.91. The summed E-state index contributed by atoms with van der Waals surface area (Å²) in [6, 6.07) is 11.1. The molecule has 160 valence electrons. The lowest BCUT2D eigenvalue weighted by Crippen LogP contribution is -2.22. The van der Waals surface area contributed by atoms with Gasteiger partial charge in [0, 0.05) is 0 Å². The van der Waals surface area contributed by atoms with Crippen molar-refractivity contribution in [1.29, 1.82) is 0 Å². The van der Waals surface area contributed by atoms with Crippen molar-refractivity contribution >= 4 is 55.3 Å². The molecule has 4 rings (SSSR count). The molecule has 0 radical (unpaired) electrons. The van der Waals surface area contributed by atoms with Gasteiger partial charge in [0.2, 0.25) is 0 Å². The standard InChI is InChI=1S/C22H19BrN2O5S/c1-3-28-17-10-13(9-14(23)20(17)30-12-19(26)29-4-2)11-18-21(27)25-16-8-6-5-7-15(16)24-22(25)31-18/h5-11H,3-4,12H2,1-2H3/b18-11-. The van der Waals surface area contributed by atoms with Crippen LogP contribution in [0, 0.1) is 0 Å². The summed E-state index contributed by atoms with van der Waals surface area (Å²) < 4.78 is 19.0. The third kappa shape index (κ3) is 4.28. The smallest absolute Gasteiger partial charge is 0.344 e. The summed E-state index contributed by atoms with van der Waals surface area (Å²) in [5, 5.41) is 0. The summed E-state index contributed by atoms with van der Waals surface area (Å²) in [5.41, 5.74) is 2.22. The lowest BCUT2D eigenvalue weighted by atomic mass is 10.2. The quantitative estimate of drug-likeness (QED) is 0.359. The van der Waals surface area contributed by atoms with Crippen LogP contribution in [0.25, 0.3) is 22.1 Å². The molecule has 2 aromatic carbocycles. The fourth-order valence-corrected chi connectivity index (χ4v) is 4.73. The van der Waals surface area contributed by atoms with Crippen molar-refractivity contribution in [2.24, 2.45) is 0 Å². The molecule has 0 spiro atoms. The topological polar surface area (TPSA) is 79.1 Å². The van der Waals surface area contributed by atoms with E-state index in [1.165, 1.54) is 11.3 Å². The second-order valence-corrected chi connectivity index (χ2v) is 8.35. The maximum absolute atomic E-state index is 13.0. The Labute approximate surface area is 190 Å². The first kappa shape index (κ1) is 21.3. The van der Waals surface area contributed by atoms with Crippen LogP contribution >= 0.6 is 27.3 Å². The number of ether oxygens (including phenoxy) is 3. The van der Waals surface area contributed by atoms with Crippen LogP contribution in [0.4, 0.5) is 0 Å². The van der Waals surface area contributed by atoms with E-state index in [9.17, 15) is 9.59 Å². The Bertz CT molecular complexity index is 1380. The number of fused-ring (bicyclic) bond motifs is 3. The molecule has 4 aromatic rings. The van der Waals surface area contributed by atoms with Crippen molar-refractivity contribution in [3.63, 3.8) is 0 Å². The van der Waals surface area contributed by atoms with E-state index < -0.39 is 5.97 Å². The maximum atomic E-state index is 13.0. The van der Waals surface area contributed by atoms with E-state index in [1.54, 1.807) is 23.5 Å². The zero-order valence-electron chi connectivity index (χ0n) is 16.9. The molecule has 7 nitrogen and oxygen atoms in total. The van der Waals surface area contributed by atoms with Crippen molar-refractivity contribution in [2.45, 2.75) is 13.8 Å². The molecule has 0 saturated carbocycles.